The molecule has 3 fully saturated rings. The van der Waals surface area contributed by atoms with Gasteiger partial charge in [0.25, 0.3) is 0 Å². The highest BCUT2D eigenvalue weighted by Crippen LogP contribution is 2.37. The zero-order chi connectivity index (χ0) is 63.4. The fourth-order valence-corrected chi connectivity index (χ4v) is 9.86. The number of carbonyl (C=O) groups is 3. The largest absolute Gasteiger partial charge is 0.491 e. The average Bonchev–Trinajstić information content (AvgIpc) is 2.20. The molecule has 6 atom stereocenters. The summed E-state index contributed by atoms with van der Waals surface area (Å²) in [5.74, 6) is 0.720. The molecule has 0 aliphatic carbocycles. The van der Waals surface area contributed by atoms with Crippen molar-refractivity contribution >= 4 is 17.9 Å². The number of carbonyl (C=O) groups excluding carboxylic acids is 3. The Morgan fingerprint density at radius 3 is 0.867 bits per heavy atom. The SMILES string of the molecule is CC(C)(c1ccc(OCC(O)COC(=O)c2ccc(C(=O)OCC(O)COc3ccc(C(C)(C)c4ccc(OCC5CO5)cc4)cc3)c(C(=O)OCC(O)COc3ccc(C(C)(C)c4ccc(OCC5CO5)cc4)cc3)c2)cc1)c1ccc(OCC2CO2)cc1. The normalized spacial score (nSPS) is 17.0. The quantitative estimate of drug-likeness (QED) is 0.0197. The van der Waals surface area contributed by atoms with Gasteiger partial charge in [0.05, 0.1) is 36.5 Å². The molecule has 18 heteroatoms. The smallest absolute Gasteiger partial charge is 0.339 e. The first kappa shape index (κ1) is 64.5. The summed E-state index contributed by atoms with van der Waals surface area (Å²) in [6.07, 6.45) is -3.34. The highest BCUT2D eigenvalue weighted by atomic mass is 16.6. The van der Waals surface area contributed by atoms with Crippen LogP contribution >= 0.6 is 0 Å². The van der Waals surface area contributed by atoms with Crippen LogP contribution in [0.3, 0.4) is 0 Å². The van der Waals surface area contributed by atoms with Gasteiger partial charge in [-0.25, -0.2) is 14.4 Å². The summed E-state index contributed by atoms with van der Waals surface area (Å²) >= 11 is 0. The Labute approximate surface area is 524 Å². The minimum Gasteiger partial charge on any atom is -0.491 e. The van der Waals surface area contributed by atoms with Gasteiger partial charge in [-0.05, 0) is 124 Å². The second kappa shape index (κ2) is 29.0. The minimum absolute atomic E-state index is 0.161. The van der Waals surface area contributed by atoms with Gasteiger partial charge in [0, 0.05) is 16.2 Å². The molecule has 0 saturated carbocycles. The van der Waals surface area contributed by atoms with E-state index in [1.165, 1.54) is 12.1 Å². The van der Waals surface area contributed by atoms with E-state index in [1.54, 1.807) is 36.4 Å². The van der Waals surface area contributed by atoms with Gasteiger partial charge in [0.1, 0.15) is 131 Å². The standard InChI is InChI=1S/C72H78O18/c1-70(2,50-14-26-59(27-15-50)82-40-62-43-85-62)47-8-20-56(21-9-47)79-34-53(73)37-88-67(76)46-7-32-65(68(77)89-38-54(74)35-80-57-22-10-48(11-23-57)71(3,4)51-16-28-60(29-17-51)83-41-63-44-86-63)66(33-46)69(78)90-39-55(75)36-81-58-24-12-49(13-25-58)72(5,6)52-18-30-61(31-19-52)84-42-64-45-87-64/h7-33,53-55,62-64,73-75H,34-45H2,1-6H3. The van der Waals surface area contributed by atoms with Crippen molar-refractivity contribution in [3.63, 3.8) is 0 Å². The molecular formula is C72H78O18. The molecule has 10 rings (SSSR count). The van der Waals surface area contributed by atoms with Crippen LogP contribution < -0.4 is 28.4 Å². The number of aliphatic hydroxyl groups excluding tert-OH is 3. The number of rotatable bonds is 33. The Kier molecular flexibility index (Phi) is 20.8. The molecule has 7 aromatic carbocycles. The van der Waals surface area contributed by atoms with Gasteiger partial charge >= 0.3 is 17.9 Å². The topological polar surface area (TPSA) is 233 Å². The van der Waals surface area contributed by atoms with E-state index in [9.17, 15) is 29.7 Å². The van der Waals surface area contributed by atoms with Crippen LogP contribution in [0, 0.1) is 0 Å². The maximum absolute atomic E-state index is 13.9. The van der Waals surface area contributed by atoms with Gasteiger partial charge in [-0.1, -0.05) is 114 Å². The molecule has 474 valence electrons. The predicted octanol–water partition coefficient (Wildman–Crippen LogP) is 9.79. The predicted molar refractivity (Wildman–Crippen MR) is 333 cm³/mol. The van der Waals surface area contributed by atoms with Crippen molar-refractivity contribution in [3.05, 3.63) is 214 Å². The lowest BCUT2D eigenvalue weighted by Gasteiger charge is -2.26. The monoisotopic (exact) mass is 1230 g/mol. The third-order valence-corrected chi connectivity index (χ3v) is 16.2. The lowest BCUT2D eigenvalue weighted by atomic mass is 9.78. The Morgan fingerprint density at radius 2 is 0.600 bits per heavy atom. The molecule has 3 aliphatic heterocycles. The summed E-state index contributed by atoms with van der Waals surface area (Å²) in [6, 6.07) is 49.8. The Morgan fingerprint density at radius 1 is 0.356 bits per heavy atom. The molecule has 7 aromatic rings. The van der Waals surface area contributed by atoms with E-state index in [-0.39, 0.29) is 65.5 Å². The molecule has 90 heavy (non-hydrogen) atoms. The van der Waals surface area contributed by atoms with Crippen LogP contribution in [0.1, 0.15) is 106 Å². The van der Waals surface area contributed by atoms with E-state index in [0.717, 1.165) is 76.5 Å². The minimum atomic E-state index is -1.31. The van der Waals surface area contributed by atoms with Crippen molar-refractivity contribution < 1.29 is 86.5 Å². The number of hydrogen-bond acceptors (Lipinski definition) is 18. The summed E-state index contributed by atoms with van der Waals surface area (Å²) in [4.78, 5) is 41.1. The molecule has 0 aromatic heterocycles. The van der Waals surface area contributed by atoms with Crippen LogP contribution in [0.15, 0.2) is 164 Å². The van der Waals surface area contributed by atoms with Crippen molar-refractivity contribution in [2.45, 2.75) is 94.4 Å². The number of epoxide rings is 3. The summed E-state index contributed by atoms with van der Waals surface area (Å²) in [5, 5.41) is 32.7. The molecule has 18 nitrogen and oxygen atoms in total. The van der Waals surface area contributed by atoms with Gasteiger partial charge in [-0.2, -0.15) is 0 Å². The summed E-state index contributed by atoms with van der Waals surface area (Å²) < 4.78 is 67.1. The summed E-state index contributed by atoms with van der Waals surface area (Å²) in [5.41, 5.74) is 4.43. The zero-order valence-electron chi connectivity index (χ0n) is 51.5. The van der Waals surface area contributed by atoms with Gasteiger partial charge in [-0.15, -0.1) is 0 Å². The van der Waals surface area contributed by atoms with E-state index in [1.807, 2.05) is 109 Å². The van der Waals surface area contributed by atoms with Crippen LogP contribution in [-0.4, -0.2) is 149 Å². The number of ether oxygens (including phenoxy) is 12. The van der Waals surface area contributed by atoms with E-state index in [0.29, 0.717) is 37.1 Å². The van der Waals surface area contributed by atoms with Crippen molar-refractivity contribution in [2.75, 3.05) is 79.3 Å². The highest BCUT2D eigenvalue weighted by molar-refractivity contribution is 6.05. The molecule has 6 unspecified atom stereocenters. The van der Waals surface area contributed by atoms with Gasteiger partial charge in [-0.3, -0.25) is 0 Å². The molecule has 3 saturated heterocycles. The maximum Gasteiger partial charge on any atom is 0.339 e. The molecular weight excluding hydrogens is 1150 g/mol. The average molecular weight is 1230 g/mol. The second-order valence-electron chi connectivity index (χ2n) is 24.3. The Balaban J connectivity index is 0.726. The molecule has 0 bridgehead atoms. The second-order valence-corrected chi connectivity index (χ2v) is 24.3. The lowest BCUT2D eigenvalue weighted by Crippen LogP contribution is -2.28. The molecule has 0 amide bonds. The Hall–Kier alpha value is -8.49. The summed E-state index contributed by atoms with van der Waals surface area (Å²) in [6.45, 7) is 14.2. The molecule has 3 aliphatic rings. The highest BCUT2D eigenvalue weighted by Gasteiger charge is 2.30. The van der Waals surface area contributed by atoms with Gasteiger partial charge < -0.3 is 72.2 Å². The zero-order valence-corrected chi connectivity index (χ0v) is 51.5. The van der Waals surface area contributed by atoms with E-state index >= 15 is 0 Å². The van der Waals surface area contributed by atoms with E-state index in [4.69, 9.17) is 56.8 Å². The first-order valence-corrected chi connectivity index (χ1v) is 30.2. The van der Waals surface area contributed by atoms with Crippen molar-refractivity contribution in [1.29, 1.82) is 0 Å². The van der Waals surface area contributed by atoms with Gasteiger partial charge in [0.2, 0.25) is 0 Å². The number of aliphatic hydroxyl groups is 3. The third-order valence-electron chi connectivity index (χ3n) is 16.2. The fraction of sp³-hybridized carbons (Fsp3) is 0.375. The van der Waals surface area contributed by atoms with Crippen molar-refractivity contribution in [3.8, 4) is 34.5 Å². The Bertz CT molecular complexity index is 3480. The molecule has 3 N–H and O–H groups in total. The van der Waals surface area contributed by atoms with Crippen LogP contribution in [-0.2, 0) is 44.7 Å². The maximum atomic E-state index is 13.9. The van der Waals surface area contributed by atoms with Crippen molar-refractivity contribution in [2.24, 2.45) is 0 Å². The number of benzene rings is 7. The molecule has 0 spiro atoms. The van der Waals surface area contributed by atoms with E-state index < -0.39 is 61.6 Å². The van der Waals surface area contributed by atoms with E-state index in [2.05, 4.69) is 41.5 Å². The number of esters is 3. The van der Waals surface area contributed by atoms with Crippen molar-refractivity contribution in [1.82, 2.24) is 0 Å². The van der Waals surface area contributed by atoms with Gasteiger partial charge in [0.15, 0.2) is 0 Å². The first-order valence-electron chi connectivity index (χ1n) is 30.2. The van der Waals surface area contributed by atoms with Crippen LogP contribution in [0.2, 0.25) is 0 Å². The van der Waals surface area contributed by atoms with Crippen LogP contribution in [0.4, 0.5) is 0 Å². The third kappa shape index (κ3) is 17.7. The fourth-order valence-electron chi connectivity index (χ4n) is 9.86. The first-order chi connectivity index (χ1) is 43.3. The lowest BCUT2D eigenvalue weighted by molar-refractivity contribution is 0.00974. The molecule has 0 radical (unpaired) electrons. The molecule has 3 heterocycles. The summed E-state index contributed by atoms with van der Waals surface area (Å²) in [7, 11) is 0. The van der Waals surface area contributed by atoms with Crippen LogP contribution in [0.5, 0.6) is 34.5 Å². The van der Waals surface area contributed by atoms with Crippen LogP contribution in [0.25, 0.3) is 0 Å². The number of hydrogen-bond donors (Lipinski definition) is 3.